The van der Waals surface area contributed by atoms with Crippen molar-refractivity contribution < 1.29 is 14.3 Å². The van der Waals surface area contributed by atoms with E-state index in [1.807, 2.05) is 0 Å². The molecule has 1 aromatic heterocycles. The van der Waals surface area contributed by atoms with E-state index in [1.165, 1.54) is 0 Å². The van der Waals surface area contributed by atoms with Gasteiger partial charge in [-0.3, -0.25) is 19.4 Å². The zero-order chi connectivity index (χ0) is 21.1. The Labute approximate surface area is 178 Å². The minimum Gasteiger partial charge on any atom is -0.473 e. The van der Waals surface area contributed by atoms with E-state index in [9.17, 15) is 9.59 Å². The molecule has 3 heterocycles. The second-order valence-corrected chi connectivity index (χ2v) is 8.93. The van der Waals surface area contributed by atoms with Gasteiger partial charge in [-0.05, 0) is 52.0 Å². The molecule has 2 aliphatic heterocycles. The van der Waals surface area contributed by atoms with Gasteiger partial charge in [-0.25, -0.2) is 0 Å². The van der Waals surface area contributed by atoms with Crippen LogP contribution in [0.1, 0.15) is 52.4 Å². The number of ether oxygens (including phenoxy) is 1. The Morgan fingerprint density at radius 2 is 1.77 bits per heavy atom. The number of nitrogens with zero attached hydrogens (tertiary/aromatic N) is 5. The predicted octanol–water partition coefficient (Wildman–Crippen LogP) is 2.09. The highest BCUT2D eigenvalue weighted by molar-refractivity contribution is 5.94. The largest absolute Gasteiger partial charge is 0.473 e. The first kappa shape index (κ1) is 21.0. The Balaban J connectivity index is 1.23. The Bertz CT molecular complexity index is 738. The molecule has 2 amide bonds. The number of aromatic nitrogens is 2. The van der Waals surface area contributed by atoms with E-state index in [1.54, 1.807) is 17.0 Å². The minimum absolute atomic E-state index is 0.0698. The maximum Gasteiger partial charge on any atom is 0.233 e. The molecule has 2 saturated heterocycles. The van der Waals surface area contributed by atoms with Crippen LogP contribution in [0.2, 0.25) is 0 Å². The standard InChI is InChI=1S/C22H33N5O3/c1-16(2)25-12-14-26(15-13-25)22(29)17-5-7-18(8-6-17)30-20-10-9-19(23-24-20)27-11-3-4-21(27)28/h9-10,16-18H,3-8,11-15H2,1-2H3. The van der Waals surface area contributed by atoms with Gasteiger partial charge in [0.25, 0.3) is 0 Å². The molecule has 0 spiro atoms. The van der Waals surface area contributed by atoms with Crippen LogP contribution in [0.25, 0.3) is 0 Å². The van der Waals surface area contributed by atoms with Crippen molar-refractivity contribution in [1.82, 2.24) is 20.0 Å². The SMILES string of the molecule is CC(C)N1CCN(C(=O)C2CCC(Oc3ccc(N4CCCC4=O)nn3)CC2)CC1. The summed E-state index contributed by atoms with van der Waals surface area (Å²) < 4.78 is 6.01. The zero-order valence-corrected chi connectivity index (χ0v) is 18.1. The van der Waals surface area contributed by atoms with E-state index in [4.69, 9.17) is 4.74 Å². The van der Waals surface area contributed by atoms with Crippen molar-refractivity contribution in [2.75, 3.05) is 37.6 Å². The van der Waals surface area contributed by atoms with E-state index < -0.39 is 0 Å². The van der Waals surface area contributed by atoms with Crippen molar-refractivity contribution in [1.29, 1.82) is 0 Å². The molecule has 0 aromatic carbocycles. The lowest BCUT2D eigenvalue weighted by atomic mass is 9.86. The lowest BCUT2D eigenvalue weighted by Crippen LogP contribution is -2.52. The maximum absolute atomic E-state index is 12.9. The van der Waals surface area contributed by atoms with Crippen LogP contribution in [0, 0.1) is 5.92 Å². The third kappa shape index (κ3) is 4.74. The Morgan fingerprint density at radius 1 is 1.03 bits per heavy atom. The van der Waals surface area contributed by atoms with E-state index in [-0.39, 0.29) is 17.9 Å². The van der Waals surface area contributed by atoms with Crippen molar-refractivity contribution in [3.8, 4) is 5.88 Å². The van der Waals surface area contributed by atoms with Gasteiger partial charge in [-0.2, -0.15) is 0 Å². The number of rotatable bonds is 5. The summed E-state index contributed by atoms with van der Waals surface area (Å²) in [4.78, 5) is 30.9. The average molecular weight is 416 g/mol. The van der Waals surface area contributed by atoms with E-state index >= 15 is 0 Å². The molecule has 8 nitrogen and oxygen atoms in total. The number of anilines is 1. The number of amides is 2. The number of carbonyl (C=O) groups is 2. The van der Waals surface area contributed by atoms with Crippen LogP contribution in [-0.2, 0) is 9.59 Å². The fourth-order valence-corrected chi connectivity index (χ4v) is 4.73. The predicted molar refractivity (Wildman–Crippen MR) is 113 cm³/mol. The molecule has 3 aliphatic rings. The molecular formula is C22H33N5O3. The summed E-state index contributed by atoms with van der Waals surface area (Å²) in [6, 6.07) is 4.14. The first-order valence-electron chi connectivity index (χ1n) is 11.3. The minimum atomic E-state index is 0.0698. The first-order chi connectivity index (χ1) is 14.5. The molecule has 0 radical (unpaired) electrons. The van der Waals surface area contributed by atoms with Gasteiger partial charge in [-0.1, -0.05) is 0 Å². The van der Waals surface area contributed by atoms with Gasteiger partial charge >= 0.3 is 0 Å². The van der Waals surface area contributed by atoms with Gasteiger partial charge in [-0.15, -0.1) is 10.2 Å². The van der Waals surface area contributed by atoms with Crippen LogP contribution >= 0.6 is 0 Å². The molecule has 0 unspecified atom stereocenters. The third-order valence-corrected chi connectivity index (χ3v) is 6.64. The topological polar surface area (TPSA) is 78.9 Å². The number of carbonyl (C=O) groups excluding carboxylic acids is 2. The fourth-order valence-electron chi connectivity index (χ4n) is 4.73. The summed E-state index contributed by atoms with van der Waals surface area (Å²) in [6.07, 6.45) is 4.96. The number of piperazine rings is 1. The average Bonchev–Trinajstić information content (AvgIpc) is 3.20. The Kier molecular flexibility index (Phi) is 6.51. The summed E-state index contributed by atoms with van der Waals surface area (Å²) >= 11 is 0. The van der Waals surface area contributed by atoms with Crippen molar-refractivity contribution in [3.05, 3.63) is 12.1 Å². The first-order valence-corrected chi connectivity index (χ1v) is 11.3. The summed E-state index contributed by atoms with van der Waals surface area (Å²) in [5.41, 5.74) is 0. The summed E-state index contributed by atoms with van der Waals surface area (Å²) in [7, 11) is 0. The van der Waals surface area contributed by atoms with Crippen LogP contribution in [0.15, 0.2) is 12.1 Å². The molecule has 1 aliphatic carbocycles. The highest BCUT2D eigenvalue weighted by Gasteiger charge is 2.32. The zero-order valence-electron chi connectivity index (χ0n) is 18.1. The van der Waals surface area contributed by atoms with Gasteiger partial charge in [0, 0.05) is 57.2 Å². The molecule has 0 N–H and O–H groups in total. The Morgan fingerprint density at radius 3 is 2.33 bits per heavy atom. The smallest absolute Gasteiger partial charge is 0.233 e. The highest BCUT2D eigenvalue weighted by Crippen LogP contribution is 2.29. The van der Waals surface area contributed by atoms with Crippen LogP contribution < -0.4 is 9.64 Å². The summed E-state index contributed by atoms with van der Waals surface area (Å²) in [5.74, 6) is 1.62. The second-order valence-electron chi connectivity index (χ2n) is 8.93. The van der Waals surface area contributed by atoms with E-state index in [0.29, 0.717) is 36.6 Å². The monoisotopic (exact) mass is 415 g/mol. The molecule has 3 fully saturated rings. The van der Waals surface area contributed by atoms with Crippen molar-refractivity contribution in [2.24, 2.45) is 5.92 Å². The molecule has 0 bridgehead atoms. The van der Waals surface area contributed by atoms with Crippen molar-refractivity contribution in [2.45, 2.75) is 64.5 Å². The normalized spacial score (nSPS) is 25.8. The molecule has 1 saturated carbocycles. The molecule has 0 atom stereocenters. The molecular weight excluding hydrogens is 382 g/mol. The Hall–Kier alpha value is -2.22. The number of hydrogen-bond acceptors (Lipinski definition) is 6. The molecule has 1 aromatic rings. The van der Waals surface area contributed by atoms with Crippen LogP contribution in [-0.4, -0.2) is 76.7 Å². The summed E-state index contributed by atoms with van der Waals surface area (Å²) in [6.45, 7) is 8.76. The van der Waals surface area contributed by atoms with Crippen molar-refractivity contribution >= 4 is 17.6 Å². The molecule has 4 rings (SSSR count). The molecule has 8 heteroatoms. The lowest BCUT2D eigenvalue weighted by Gasteiger charge is -2.39. The van der Waals surface area contributed by atoms with Crippen LogP contribution in [0.3, 0.4) is 0 Å². The number of hydrogen-bond donors (Lipinski definition) is 0. The fraction of sp³-hybridized carbons (Fsp3) is 0.727. The maximum atomic E-state index is 12.9. The van der Waals surface area contributed by atoms with Gasteiger partial charge < -0.3 is 9.64 Å². The van der Waals surface area contributed by atoms with Gasteiger partial charge in [0.15, 0.2) is 5.82 Å². The second kappa shape index (κ2) is 9.29. The molecule has 30 heavy (non-hydrogen) atoms. The molecule has 164 valence electrons. The van der Waals surface area contributed by atoms with Gasteiger partial charge in [0.1, 0.15) is 6.10 Å². The quantitative estimate of drug-likeness (QED) is 0.733. The highest BCUT2D eigenvalue weighted by atomic mass is 16.5. The third-order valence-electron chi connectivity index (χ3n) is 6.64. The van der Waals surface area contributed by atoms with Gasteiger partial charge in [0.05, 0.1) is 0 Å². The van der Waals surface area contributed by atoms with E-state index in [2.05, 4.69) is 33.8 Å². The lowest BCUT2D eigenvalue weighted by molar-refractivity contribution is -0.139. The van der Waals surface area contributed by atoms with Crippen molar-refractivity contribution in [3.63, 3.8) is 0 Å². The van der Waals surface area contributed by atoms with Crippen LogP contribution in [0.5, 0.6) is 5.88 Å². The summed E-state index contributed by atoms with van der Waals surface area (Å²) in [5, 5.41) is 8.32. The van der Waals surface area contributed by atoms with E-state index in [0.717, 1.165) is 58.3 Å². The van der Waals surface area contributed by atoms with Crippen LogP contribution in [0.4, 0.5) is 5.82 Å². The van der Waals surface area contributed by atoms with Gasteiger partial charge in [0.2, 0.25) is 17.7 Å².